The van der Waals surface area contributed by atoms with E-state index in [-0.39, 0.29) is 5.91 Å². The first-order valence-corrected chi connectivity index (χ1v) is 12.1. The third-order valence-corrected chi connectivity index (χ3v) is 6.49. The van der Waals surface area contributed by atoms with Crippen molar-refractivity contribution in [1.29, 1.82) is 0 Å². The summed E-state index contributed by atoms with van der Waals surface area (Å²) in [6.45, 7) is 15.8. The Morgan fingerprint density at radius 3 is 2.00 bits per heavy atom. The topological polar surface area (TPSA) is 38.1 Å². The molecule has 0 saturated heterocycles. The summed E-state index contributed by atoms with van der Waals surface area (Å²) >= 11 is 0. The van der Waals surface area contributed by atoms with Gasteiger partial charge in [0.25, 0.3) is 5.91 Å². The van der Waals surface area contributed by atoms with Crippen LogP contribution in [0.5, 0.6) is 0 Å². The van der Waals surface area contributed by atoms with E-state index in [4.69, 9.17) is 4.98 Å². The van der Waals surface area contributed by atoms with Crippen LogP contribution in [0.3, 0.4) is 0 Å². The van der Waals surface area contributed by atoms with Crippen LogP contribution in [-0.4, -0.2) is 26.9 Å². The molecule has 1 aromatic heterocycles. The number of imidazole rings is 1. The van der Waals surface area contributed by atoms with E-state index in [9.17, 15) is 4.79 Å². The van der Waals surface area contributed by atoms with Crippen molar-refractivity contribution >= 4 is 16.9 Å². The Bertz CT molecular complexity index is 1330. The van der Waals surface area contributed by atoms with Gasteiger partial charge in [0.1, 0.15) is 5.82 Å². The van der Waals surface area contributed by atoms with Gasteiger partial charge >= 0.3 is 0 Å². The van der Waals surface area contributed by atoms with Crippen LogP contribution in [0, 0.1) is 41.5 Å². The third kappa shape index (κ3) is 4.37. The molecule has 1 heterocycles. The van der Waals surface area contributed by atoms with Gasteiger partial charge in [0.05, 0.1) is 23.3 Å². The summed E-state index contributed by atoms with van der Waals surface area (Å²) in [6, 6.07) is 16.9. The highest BCUT2D eigenvalue weighted by atomic mass is 16.2. The normalized spacial score (nSPS) is 11.3. The van der Waals surface area contributed by atoms with E-state index < -0.39 is 0 Å². The summed E-state index contributed by atoms with van der Waals surface area (Å²) in [4.78, 5) is 20.8. The van der Waals surface area contributed by atoms with E-state index in [0.717, 1.165) is 45.7 Å². The lowest BCUT2D eigenvalue weighted by Gasteiger charge is -2.25. The Morgan fingerprint density at radius 2 is 1.41 bits per heavy atom. The standard InChI is InChI=1S/C30H35N3O/c1-8-13-32(30(34)28-21(4)14-19(2)15-22(28)5)18-27-31-25-11-9-10-12-26(25)33(27)29-23(6)16-20(3)17-24(29)7/h9-12,14-17H,8,13,18H2,1-7H3. The smallest absolute Gasteiger partial charge is 0.254 e. The molecule has 0 aliphatic heterocycles. The second kappa shape index (κ2) is 9.46. The molecule has 34 heavy (non-hydrogen) atoms. The van der Waals surface area contributed by atoms with Crippen LogP contribution < -0.4 is 0 Å². The lowest BCUT2D eigenvalue weighted by Crippen LogP contribution is -2.33. The molecule has 0 aliphatic rings. The zero-order chi connectivity index (χ0) is 24.6. The Kier molecular flexibility index (Phi) is 6.60. The van der Waals surface area contributed by atoms with Gasteiger partial charge in [-0.15, -0.1) is 0 Å². The van der Waals surface area contributed by atoms with Crippen LogP contribution in [0.15, 0.2) is 48.5 Å². The summed E-state index contributed by atoms with van der Waals surface area (Å²) in [7, 11) is 0. The van der Waals surface area contributed by atoms with Gasteiger partial charge in [-0.25, -0.2) is 4.98 Å². The molecule has 0 spiro atoms. The first kappa shape index (κ1) is 23.7. The quantitative estimate of drug-likeness (QED) is 0.317. The first-order valence-electron chi connectivity index (χ1n) is 12.1. The van der Waals surface area contributed by atoms with Gasteiger partial charge in [0, 0.05) is 12.1 Å². The molecule has 0 N–H and O–H groups in total. The van der Waals surface area contributed by atoms with Crippen molar-refractivity contribution < 1.29 is 4.79 Å². The van der Waals surface area contributed by atoms with Gasteiger partial charge in [-0.05, 0) is 82.3 Å². The number of carbonyl (C=O) groups excluding carboxylic acids is 1. The number of aromatic nitrogens is 2. The van der Waals surface area contributed by atoms with E-state index in [1.54, 1.807) is 0 Å². The molecule has 0 aliphatic carbocycles. The molecule has 4 aromatic rings. The number of aryl methyl sites for hydroxylation is 6. The molecule has 4 heteroatoms. The zero-order valence-corrected chi connectivity index (χ0v) is 21.5. The fourth-order valence-electron chi connectivity index (χ4n) is 5.33. The van der Waals surface area contributed by atoms with Gasteiger partial charge in [0.15, 0.2) is 0 Å². The average molecular weight is 454 g/mol. The van der Waals surface area contributed by atoms with Crippen molar-refractivity contribution in [3.05, 3.63) is 93.3 Å². The molecule has 4 nitrogen and oxygen atoms in total. The van der Waals surface area contributed by atoms with E-state index in [2.05, 4.69) is 81.7 Å². The Labute approximate surface area is 203 Å². The minimum atomic E-state index is 0.0767. The van der Waals surface area contributed by atoms with Crippen molar-refractivity contribution in [3.63, 3.8) is 0 Å². The maximum absolute atomic E-state index is 13.8. The maximum Gasteiger partial charge on any atom is 0.254 e. The molecule has 176 valence electrons. The minimum Gasteiger partial charge on any atom is -0.331 e. The van der Waals surface area contributed by atoms with Gasteiger partial charge in [-0.2, -0.15) is 0 Å². The van der Waals surface area contributed by atoms with Crippen LogP contribution >= 0.6 is 0 Å². The number of hydrogen-bond acceptors (Lipinski definition) is 2. The van der Waals surface area contributed by atoms with Crippen molar-refractivity contribution in [3.8, 4) is 5.69 Å². The predicted molar refractivity (Wildman–Crippen MR) is 141 cm³/mol. The van der Waals surface area contributed by atoms with E-state index in [0.29, 0.717) is 13.1 Å². The average Bonchev–Trinajstić information content (AvgIpc) is 3.10. The van der Waals surface area contributed by atoms with E-state index in [1.165, 1.54) is 22.3 Å². The fraction of sp³-hybridized carbons (Fsp3) is 0.333. The summed E-state index contributed by atoms with van der Waals surface area (Å²) in [5, 5.41) is 0. The van der Waals surface area contributed by atoms with Crippen molar-refractivity contribution in [2.75, 3.05) is 6.54 Å². The molecule has 0 saturated carbocycles. The Balaban J connectivity index is 1.85. The monoisotopic (exact) mass is 453 g/mol. The number of hydrogen-bond donors (Lipinski definition) is 0. The number of amides is 1. The van der Waals surface area contributed by atoms with Gasteiger partial charge in [0.2, 0.25) is 0 Å². The summed E-state index contributed by atoms with van der Waals surface area (Å²) in [6.07, 6.45) is 0.887. The highest BCUT2D eigenvalue weighted by Gasteiger charge is 2.24. The van der Waals surface area contributed by atoms with E-state index in [1.807, 2.05) is 24.8 Å². The number of nitrogens with zero attached hydrogens (tertiary/aromatic N) is 3. The predicted octanol–water partition coefficient (Wildman–Crippen LogP) is 6.93. The van der Waals surface area contributed by atoms with Crippen LogP contribution in [-0.2, 0) is 6.54 Å². The molecule has 0 unspecified atom stereocenters. The highest BCUT2D eigenvalue weighted by Crippen LogP contribution is 2.29. The minimum absolute atomic E-state index is 0.0767. The number of rotatable bonds is 6. The zero-order valence-electron chi connectivity index (χ0n) is 21.5. The third-order valence-electron chi connectivity index (χ3n) is 6.49. The van der Waals surface area contributed by atoms with Crippen LogP contribution in [0.1, 0.15) is 62.9 Å². The first-order chi connectivity index (χ1) is 16.2. The van der Waals surface area contributed by atoms with Crippen LogP contribution in [0.2, 0.25) is 0 Å². The highest BCUT2D eigenvalue weighted by molar-refractivity contribution is 5.97. The molecule has 3 aromatic carbocycles. The number of para-hydroxylation sites is 2. The van der Waals surface area contributed by atoms with Crippen LogP contribution in [0.25, 0.3) is 16.7 Å². The van der Waals surface area contributed by atoms with E-state index >= 15 is 0 Å². The van der Waals surface area contributed by atoms with Crippen LogP contribution in [0.4, 0.5) is 0 Å². The second-order valence-electron chi connectivity index (χ2n) is 9.60. The molecular formula is C30H35N3O. The molecule has 0 bridgehead atoms. The van der Waals surface area contributed by atoms with Crippen molar-refractivity contribution in [1.82, 2.24) is 14.5 Å². The largest absolute Gasteiger partial charge is 0.331 e. The Hall–Kier alpha value is -3.40. The molecular weight excluding hydrogens is 418 g/mol. The maximum atomic E-state index is 13.8. The summed E-state index contributed by atoms with van der Waals surface area (Å²) in [5.74, 6) is 0.966. The number of fused-ring (bicyclic) bond motifs is 1. The van der Waals surface area contributed by atoms with Gasteiger partial charge in [-0.1, -0.05) is 54.4 Å². The van der Waals surface area contributed by atoms with Gasteiger partial charge in [-0.3, -0.25) is 9.36 Å². The number of benzene rings is 3. The Morgan fingerprint density at radius 1 is 0.853 bits per heavy atom. The molecule has 0 radical (unpaired) electrons. The number of carbonyl (C=O) groups is 1. The second-order valence-corrected chi connectivity index (χ2v) is 9.60. The molecule has 0 fully saturated rings. The molecule has 0 atom stereocenters. The lowest BCUT2D eigenvalue weighted by molar-refractivity contribution is 0.0737. The van der Waals surface area contributed by atoms with Crippen molar-refractivity contribution in [2.45, 2.75) is 61.4 Å². The molecule has 1 amide bonds. The molecule has 4 rings (SSSR count). The SMILES string of the molecule is CCCN(Cc1nc2ccccc2n1-c1c(C)cc(C)cc1C)C(=O)c1c(C)cc(C)cc1C. The fourth-order valence-corrected chi connectivity index (χ4v) is 5.33. The summed E-state index contributed by atoms with van der Waals surface area (Å²) < 4.78 is 2.25. The van der Waals surface area contributed by atoms with Crippen molar-refractivity contribution in [2.24, 2.45) is 0 Å². The van der Waals surface area contributed by atoms with Gasteiger partial charge < -0.3 is 4.90 Å². The lowest BCUT2D eigenvalue weighted by atomic mass is 9.98. The summed E-state index contributed by atoms with van der Waals surface area (Å²) in [5.41, 5.74) is 10.9.